The number of pyridine rings is 2. The SMILES string of the molecule is Cn1nnc2cc(-c3ccc4cc(CC5CCOCC5)sc4n3)cnc21. The van der Waals surface area contributed by atoms with E-state index in [1.165, 1.54) is 10.3 Å². The van der Waals surface area contributed by atoms with E-state index < -0.39 is 0 Å². The van der Waals surface area contributed by atoms with E-state index in [0.717, 1.165) is 65.6 Å². The molecule has 132 valence electrons. The molecule has 1 fully saturated rings. The molecular weight excluding hydrogens is 346 g/mol. The molecule has 0 atom stereocenters. The van der Waals surface area contributed by atoms with E-state index >= 15 is 0 Å². The van der Waals surface area contributed by atoms with Crippen molar-refractivity contribution in [2.75, 3.05) is 13.2 Å². The number of fused-ring (bicyclic) bond motifs is 2. The lowest BCUT2D eigenvalue weighted by atomic mass is 9.96. The van der Waals surface area contributed by atoms with Crippen LogP contribution in [0.15, 0.2) is 30.5 Å². The van der Waals surface area contributed by atoms with Crippen LogP contribution in [-0.4, -0.2) is 38.2 Å². The standard InChI is InChI=1S/C19H19N5OS/c1-24-18-17(22-23-24)10-14(11-20-18)16-3-2-13-9-15(26-19(13)21-16)8-12-4-6-25-7-5-12/h2-3,9-12H,4-8H2,1H3. The lowest BCUT2D eigenvalue weighted by Crippen LogP contribution is -2.17. The average Bonchev–Trinajstić information content (AvgIpc) is 3.24. The van der Waals surface area contributed by atoms with Crippen LogP contribution < -0.4 is 0 Å². The van der Waals surface area contributed by atoms with Crippen LogP contribution in [0.3, 0.4) is 0 Å². The highest BCUT2D eigenvalue weighted by atomic mass is 32.1. The summed E-state index contributed by atoms with van der Waals surface area (Å²) in [6, 6.07) is 8.51. The summed E-state index contributed by atoms with van der Waals surface area (Å²) in [5.41, 5.74) is 3.47. The zero-order valence-corrected chi connectivity index (χ0v) is 15.4. The summed E-state index contributed by atoms with van der Waals surface area (Å²) in [5.74, 6) is 0.736. The van der Waals surface area contributed by atoms with Crippen molar-refractivity contribution in [2.24, 2.45) is 13.0 Å². The van der Waals surface area contributed by atoms with Gasteiger partial charge in [0, 0.05) is 42.3 Å². The molecular formula is C19H19N5OS. The Bertz CT molecular complexity index is 1080. The van der Waals surface area contributed by atoms with Crippen molar-refractivity contribution in [3.8, 4) is 11.3 Å². The number of rotatable bonds is 3. The third kappa shape index (κ3) is 2.87. The molecule has 5 heterocycles. The summed E-state index contributed by atoms with van der Waals surface area (Å²) >= 11 is 1.80. The number of nitrogens with zero attached hydrogens (tertiary/aromatic N) is 5. The summed E-state index contributed by atoms with van der Waals surface area (Å²) in [6.07, 6.45) is 5.30. The van der Waals surface area contributed by atoms with Gasteiger partial charge in [0.2, 0.25) is 0 Å². The van der Waals surface area contributed by atoms with Gasteiger partial charge in [0.1, 0.15) is 10.3 Å². The molecule has 0 N–H and O–H groups in total. The molecule has 7 heteroatoms. The smallest absolute Gasteiger partial charge is 0.178 e. The quantitative estimate of drug-likeness (QED) is 0.555. The van der Waals surface area contributed by atoms with Crippen LogP contribution in [0.25, 0.3) is 32.6 Å². The van der Waals surface area contributed by atoms with Crippen LogP contribution >= 0.6 is 11.3 Å². The first-order chi connectivity index (χ1) is 12.8. The van der Waals surface area contributed by atoms with Gasteiger partial charge in [-0.25, -0.2) is 14.6 Å². The molecule has 0 bridgehead atoms. The lowest BCUT2D eigenvalue weighted by molar-refractivity contribution is 0.0667. The van der Waals surface area contributed by atoms with Gasteiger partial charge in [-0.2, -0.15) is 0 Å². The highest BCUT2D eigenvalue weighted by Crippen LogP contribution is 2.31. The zero-order valence-electron chi connectivity index (χ0n) is 14.6. The second kappa shape index (κ2) is 6.41. The minimum absolute atomic E-state index is 0.736. The number of ether oxygens (including phenoxy) is 1. The van der Waals surface area contributed by atoms with Crippen LogP contribution in [-0.2, 0) is 18.2 Å². The van der Waals surface area contributed by atoms with E-state index in [1.54, 1.807) is 16.0 Å². The third-order valence-corrected chi connectivity index (χ3v) is 6.07. The van der Waals surface area contributed by atoms with E-state index in [9.17, 15) is 0 Å². The fourth-order valence-corrected chi connectivity index (χ4v) is 4.67. The first-order valence-electron chi connectivity index (χ1n) is 8.89. The number of thiophene rings is 1. The van der Waals surface area contributed by atoms with Crippen molar-refractivity contribution in [2.45, 2.75) is 19.3 Å². The fourth-order valence-electron chi connectivity index (χ4n) is 3.53. The Balaban J connectivity index is 1.46. The van der Waals surface area contributed by atoms with Crippen molar-refractivity contribution >= 4 is 32.7 Å². The molecule has 6 nitrogen and oxygen atoms in total. The summed E-state index contributed by atoms with van der Waals surface area (Å²) in [4.78, 5) is 11.8. The first-order valence-corrected chi connectivity index (χ1v) is 9.71. The third-order valence-electron chi connectivity index (χ3n) is 5.00. The summed E-state index contributed by atoms with van der Waals surface area (Å²) in [6.45, 7) is 1.80. The van der Waals surface area contributed by atoms with Gasteiger partial charge in [0.05, 0.1) is 5.69 Å². The van der Waals surface area contributed by atoms with Crippen molar-refractivity contribution in [1.82, 2.24) is 25.0 Å². The maximum atomic E-state index is 5.47. The van der Waals surface area contributed by atoms with Crippen molar-refractivity contribution < 1.29 is 4.74 Å². The molecule has 4 aromatic rings. The van der Waals surface area contributed by atoms with Gasteiger partial charge in [-0.3, -0.25) is 0 Å². The van der Waals surface area contributed by atoms with Gasteiger partial charge < -0.3 is 4.74 Å². The Hall–Kier alpha value is -2.38. The second-order valence-electron chi connectivity index (χ2n) is 6.84. The van der Waals surface area contributed by atoms with E-state index in [-0.39, 0.29) is 0 Å². The molecule has 1 aliphatic heterocycles. The van der Waals surface area contributed by atoms with Crippen molar-refractivity contribution in [3.05, 3.63) is 35.3 Å². The predicted molar refractivity (Wildman–Crippen MR) is 102 cm³/mol. The topological polar surface area (TPSA) is 65.7 Å². The molecule has 26 heavy (non-hydrogen) atoms. The highest BCUT2D eigenvalue weighted by molar-refractivity contribution is 7.18. The monoisotopic (exact) mass is 365 g/mol. The molecule has 4 aromatic heterocycles. The minimum atomic E-state index is 0.736. The number of aryl methyl sites for hydroxylation is 1. The Kier molecular flexibility index (Phi) is 3.90. The molecule has 1 saturated heterocycles. The van der Waals surface area contributed by atoms with Crippen molar-refractivity contribution in [3.63, 3.8) is 0 Å². The number of hydrogen-bond donors (Lipinski definition) is 0. The highest BCUT2D eigenvalue weighted by Gasteiger charge is 2.16. The number of hydrogen-bond acceptors (Lipinski definition) is 6. The lowest BCUT2D eigenvalue weighted by Gasteiger charge is -2.21. The molecule has 0 unspecified atom stereocenters. The Morgan fingerprint density at radius 3 is 3.00 bits per heavy atom. The maximum absolute atomic E-state index is 5.47. The van der Waals surface area contributed by atoms with Crippen molar-refractivity contribution in [1.29, 1.82) is 0 Å². The molecule has 0 saturated carbocycles. The maximum Gasteiger partial charge on any atom is 0.178 e. The summed E-state index contributed by atoms with van der Waals surface area (Å²) in [7, 11) is 1.85. The average molecular weight is 365 g/mol. The van der Waals surface area contributed by atoms with E-state index in [1.807, 2.05) is 19.3 Å². The molecule has 1 aliphatic rings. The van der Waals surface area contributed by atoms with Gasteiger partial charge in [-0.05, 0) is 49.4 Å². The largest absolute Gasteiger partial charge is 0.381 e. The van der Waals surface area contributed by atoms with Crippen LogP contribution in [0.1, 0.15) is 17.7 Å². The normalized spacial score (nSPS) is 15.9. The minimum Gasteiger partial charge on any atom is -0.381 e. The molecule has 0 aromatic carbocycles. The molecule has 0 radical (unpaired) electrons. The van der Waals surface area contributed by atoms with Crippen LogP contribution in [0.2, 0.25) is 0 Å². The van der Waals surface area contributed by atoms with E-state index in [2.05, 4.69) is 33.5 Å². The van der Waals surface area contributed by atoms with E-state index in [0.29, 0.717) is 0 Å². The van der Waals surface area contributed by atoms with Crippen LogP contribution in [0.4, 0.5) is 0 Å². The molecule has 0 amide bonds. The predicted octanol–water partition coefficient (Wildman–Crippen LogP) is 3.61. The Labute approximate surface area is 154 Å². The summed E-state index contributed by atoms with van der Waals surface area (Å²) in [5, 5.41) is 9.38. The van der Waals surface area contributed by atoms with E-state index in [4.69, 9.17) is 9.72 Å². The van der Waals surface area contributed by atoms with Crippen LogP contribution in [0.5, 0.6) is 0 Å². The molecule has 5 rings (SSSR count). The van der Waals surface area contributed by atoms with Gasteiger partial charge in [0.15, 0.2) is 5.65 Å². The Morgan fingerprint density at radius 2 is 2.12 bits per heavy atom. The second-order valence-corrected chi connectivity index (χ2v) is 7.96. The van der Waals surface area contributed by atoms with Gasteiger partial charge in [0.25, 0.3) is 0 Å². The van der Waals surface area contributed by atoms with Gasteiger partial charge in [-0.15, -0.1) is 16.4 Å². The molecule has 0 aliphatic carbocycles. The van der Waals surface area contributed by atoms with Gasteiger partial charge >= 0.3 is 0 Å². The number of aromatic nitrogens is 5. The Morgan fingerprint density at radius 1 is 1.23 bits per heavy atom. The van der Waals surface area contributed by atoms with Gasteiger partial charge in [-0.1, -0.05) is 5.21 Å². The summed E-state index contributed by atoms with van der Waals surface area (Å²) < 4.78 is 7.15. The first kappa shape index (κ1) is 15.8. The molecule has 0 spiro atoms. The zero-order chi connectivity index (χ0) is 17.5. The fraction of sp³-hybridized carbons (Fsp3) is 0.368. The van der Waals surface area contributed by atoms with Crippen LogP contribution in [0, 0.1) is 5.92 Å².